The van der Waals surface area contributed by atoms with E-state index >= 15 is 0 Å². The summed E-state index contributed by atoms with van der Waals surface area (Å²) in [6.07, 6.45) is 3.08. The van der Waals surface area contributed by atoms with Crippen LogP contribution in [0, 0.1) is 0 Å². The van der Waals surface area contributed by atoms with E-state index in [4.69, 9.17) is 14.2 Å². The van der Waals surface area contributed by atoms with Crippen molar-refractivity contribution in [1.82, 2.24) is 14.8 Å². The van der Waals surface area contributed by atoms with E-state index in [1.165, 1.54) is 6.08 Å². The molecule has 0 saturated heterocycles. The summed E-state index contributed by atoms with van der Waals surface area (Å²) in [4.78, 5) is 12.1. The van der Waals surface area contributed by atoms with Gasteiger partial charge in [-0.15, -0.1) is 10.2 Å². The average molecular weight is 362 g/mol. The molecule has 0 saturated carbocycles. The van der Waals surface area contributed by atoms with Gasteiger partial charge < -0.3 is 14.2 Å². The van der Waals surface area contributed by atoms with Crippen LogP contribution < -0.4 is 19.5 Å². The predicted molar refractivity (Wildman–Crippen MR) is 94.5 cm³/mol. The molecule has 0 aliphatic carbocycles. The number of aromatic nitrogens is 3. The first kappa shape index (κ1) is 17.2. The average Bonchev–Trinajstić information content (AvgIpc) is 3.24. The van der Waals surface area contributed by atoms with Gasteiger partial charge in [0.15, 0.2) is 16.7 Å². The van der Waals surface area contributed by atoms with Crippen molar-refractivity contribution in [2.24, 2.45) is 0 Å². The molecule has 1 N–H and O–H groups in total. The highest BCUT2D eigenvalue weighted by atomic mass is 32.2. The summed E-state index contributed by atoms with van der Waals surface area (Å²) in [6, 6.07) is 3.52. The van der Waals surface area contributed by atoms with Crippen LogP contribution in [0.25, 0.3) is 6.08 Å². The van der Waals surface area contributed by atoms with Crippen molar-refractivity contribution in [2.75, 3.05) is 32.4 Å². The highest BCUT2D eigenvalue weighted by Crippen LogP contribution is 2.38. The molecule has 8 nitrogen and oxygen atoms in total. The second-order valence-corrected chi connectivity index (χ2v) is 6.15. The zero-order valence-electron chi connectivity index (χ0n) is 14.1. The van der Waals surface area contributed by atoms with Gasteiger partial charge in [0.2, 0.25) is 11.7 Å². The Labute approximate surface area is 149 Å². The summed E-state index contributed by atoms with van der Waals surface area (Å²) in [6.45, 7) is 0.791. The first-order chi connectivity index (χ1) is 12.2. The lowest BCUT2D eigenvalue weighted by atomic mass is 10.1. The fraction of sp³-hybridized carbons (Fsp3) is 0.312. The largest absolute Gasteiger partial charge is 0.493 e. The van der Waals surface area contributed by atoms with E-state index in [2.05, 4.69) is 15.5 Å². The zero-order chi connectivity index (χ0) is 17.8. The number of amides is 1. The van der Waals surface area contributed by atoms with Crippen LogP contribution in [-0.2, 0) is 11.3 Å². The Hall–Kier alpha value is -2.68. The van der Waals surface area contributed by atoms with Crippen molar-refractivity contribution < 1.29 is 19.0 Å². The highest BCUT2D eigenvalue weighted by molar-refractivity contribution is 7.99. The fourth-order valence-corrected chi connectivity index (χ4v) is 3.33. The fourth-order valence-electron chi connectivity index (χ4n) is 2.44. The standard InChI is InChI=1S/C16H18N4O4S/c1-22-11-8-10(9-12(23-2)14(11)24-3)4-5-13(21)17-15-18-19-16-20(15)6-7-25-16/h4-5,8-9H,6-7H2,1-3H3,(H,17,18,21)/b5-4+. The van der Waals surface area contributed by atoms with E-state index in [0.29, 0.717) is 23.2 Å². The Morgan fingerprint density at radius 3 is 2.56 bits per heavy atom. The molecule has 0 atom stereocenters. The maximum absolute atomic E-state index is 12.1. The monoisotopic (exact) mass is 362 g/mol. The van der Waals surface area contributed by atoms with Gasteiger partial charge in [-0.1, -0.05) is 11.8 Å². The molecule has 1 aromatic carbocycles. The number of anilines is 1. The summed E-state index contributed by atoms with van der Waals surface area (Å²) in [5.74, 6) is 2.65. The molecule has 9 heteroatoms. The number of benzene rings is 1. The van der Waals surface area contributed by atoms with Gasteiger partial charge in [-0.25, -0.2) is 0 Å². The zero-order valence-corrected chi connectivity index (χ0v) is 14.9. The minimum atomic E-state index is -0.291. The third-order valence-corrected chi connectivity index (χ3v) is 4.56. The summed E-state index contributed by atoms with van der Waals surface area (Å²) in [7, 11) is 4.63. The highest BCUT2D eigenvalue weighted by Gasteiger charge is 2.18. The van der Waals surface area contributed by atoms with Crippen LogP contribution in [0.1, 0.15) is 5.56 Å². The van der Waals surface area contributed by atoms with Crippen LogP contribution in [-0.4, -0.2) is 47.8 Å². The maximum atomic E-state index is 12.1. The number of rotatable bonds is 6. The molecule has 25 heavy (non-hydrogen) atoms. The Kier molecular flexibility index (Phi) is 5.13. The maximum Gasteiger partial charge on any atom is 0.250 e. The first-order valence-electron chi connectivity index (χ1n) is 7.51. The Morgan fingerprint density at radius 1 is 1.20 bits per heavy atom. The number of carbonyl (C=O) groups excluding carboxylic acids is 1. The SMILES string of the molecule is COc1cc(/C=C/C(=O)Nc2nnc3n2CCS3)cc(OC)c1OC. The molecular weight excluding hydrogens is 344 g/mol. The van der Waals surface area contributed by atoms with Crippen LogP contribution in [0.4, 0.5) is 5.95 Å². The van der Waals surface area contributed by atoms with Crippen molar-refractivity contribution in [1.29, 1.82) is 0 Å². The number of fused-ring (bicyclic) bond motifs is 1. The summed E-state index contributed by atoms with van der Waals surface area (Å²) >= 11 is 1.62. The molecule has 1 aliphatic heterocycles. The van der Waals surface area contributed by atoms with Gasteiger partial charge >= 0.3 is 0 Å². The minimum absolute atomic E-state index is 0.291. The molecule has 0 unspecified atom stereocenters. The van der Waals surface area contributed by atoms with Gasteiger partial charge in [-0.3, -0.25) is 14.7 Å². The van der Waals surface area contributed by atoms with E-state index < -0.39 is 0 Å². The second kappa shape index (κ2) is 7.47. The predicted octanol–water partition coefficient (Wildman–Crippen LogP) is 2.06. The molecule has 0 spiro atoms. The van der Waals surface area contributed by atoms with Crippen molar-refractivity contribution in [2.45, 2.75) is 11.7 Å². The van der Waals surface area contributed by atoms with E-state index in [0.717, 1.165) is 23.0 Å². The van der Waals surface area contributed by atoms with Crippen molar-refractivity contribution in [3.8, 4) is 17.2 Å². The number of nitrogens with one attached hydrogen (secondary N) is 1. The lowest BCUT2D eigenvalue weighted by molar-refractivity contribution is -0.111. The van der Waals surface area contributed by atoms with Crippen LogP contribution in [0.5, 0.6) is 17.2 Å². The lowest BCUT2D eigenvalue weighted by Gasteiger charge is -2.12. The number of nitrogens with zero attached hydrogens (tertiary/aromatic N) is 3. The molecule has 2 aromatic rings. The van der Waals surface area contributed by atoms with Crippen LogP contribution >= 0.6 is 11.8 Å². The molecule has 3 rings (SSSR count). The van der Waals surface area contributed by atoms with Crippen molar-refractivity contribution in [3.63, 3.8) is 0 Å². The van der Waals surface area contributed by atoms with Crippen molar-refractivity contribution >= 4 is 29.7 Å². The number of carbonyl (C=O) groups is 1. The normalized spacial score (nSPS) is 12.9. The quantitative estimate of drug-likeness (QED) is 0.787. The Bertz CT molecular complexity index is 793. The molecule has 1 aromatic heterocycles. The number of thioether (sulfide) groups is 1. The molecule has 0 bridgehead atoms. The Balaban J connectivity index is 1.75. The van der Waals surface area contributed by atoms with E-state index in [9.17, 15) is 4.79 Å². The molecule has 2 heterocycles. The van der Waals surface area contributed by atoms with E-state index in [1.807, 2.05) is 4.57 Å². The third kappa shape index (κ3) is 3.55. The molecule has 0 fully saturated rings. The Morgan fingerprint density at radius 2 is 1.92 bits per heavy atom. The van der Waals surface area contributed by atoms with Gasteiger partial charge in [0.05, 0.1) is 21.3 Å². The molecule has 0 radical (unpaired) electrons. The minimum Gasteiger partial charge on any atom is -0.493 e. The van der Waals surface area contributed by atoms with Gasteiger partial charge in [0, 0.05) is 18.4 Å². The summed E-state index contributed by atoms with van der Waals surface area (Å²) in [5, 5.41) is 11.6. The summed E-state index contributed by atoms with van der Waals surface area (Å²) < 4.78 is 17.8. The molecule has 132 valence electrons. The van der Waals surface area contributed by atoms with Crippen LogP contribution in [0.3, 0.4) is 0 Å². The van der Waals surface area contributed by atoms with Crippen LogP contribution in [0.15, 0.2) is 23.4 Å². The number of ether oxygens (including phenoxy) is 3. The number of methoxy groups -OCH3 is 3. The number of hydrogen-bond donors (Lipinski definition) is 1. The smallest absolute Gasteiger partial charge is 0.250 e. The topological polar surface area (TPSA) is 87.5 Å². The first-order valence-corrected chi connectivity index (χ1v) is 8.50. The third-order valence-electron chi connectivity index (χ3n) is 3.61. The van der Waals surface area contributed by atoms with Gasteiger partial charge in [0.1, 0.15) is 0 Å². The summed E-state index contributed by atoms with van der Waals surface area (Å²) in [5.41, 5.74) is 0.742. The van der Waals surface area contributed by atoms with Gasteiger partial charge in [-0.2, -0.15) is 0 Å². The van der Waals surface area contributed by atoms with E-state index in [1.54, 1.807) is 51.3 Å². The number of hydrogen-bond acceptors (Lipinski definition) is 7. The van der Waals surface area contributed by atoms with Gasteiger partial charge in [-0.05, 0) is 23.8 Å². The second-order valence-electron chi connectivity index (χ2n) is 5.09. The van der Waals surface area contributed by atoms with Crippen LogP contribution in [0.2, 0.25) is 0 Å². The van der Waals surface area contributed by atoms with Crippen molar-refractivity contribution in [3.05, 3.63) is 23.8 Å². The molecule has 1 amide bonds. The molecule has 1 aliphatic rings. The lowest BCUT2D eigenvalue weighted by Crippen LogP contribution is -2.13. The van der Waals surface area contributed by atoms with E-state index in [-0.39, 0.29) is 5.91 Å². The van der Waals surface area contributed by atoms with Gasteiger partial charge in [0.25, 0.3) is 5.91 Å². The molecular formula is C16H18N4O4S.